The number of fused-ring (bicyclic) bond motifs is 1. The summed E-state index contributed by atoms with van der Waals surface area (Å²) in [6.07, 6.45) is 5.53. The van der Waals surface area contributed by atoms with Crippen molar-refractivity contribution < 1.29 is 9.18 Å². The molecule has 0 amide bonds. The zero-order valence-electron chi connectivity index (χ0n) is 11.6. The van der Waals surface area contributed by atoms with E-state index in [-0.39, 0.29) is 11.6 Å². The molecule has 3 heteroatoms. The van der Waals surface area contributed by atoms with Gasteiger partial charge in [-0.15, -0.1) is 0 Å². The van der Waals surface area contributed by atoms with Crippen LogP contribution in [0.4, 0.5) is 10.1 Å². The molecule has 1 heterocycles. The molecular weight excluding hydrogens is 265 g/mol. The number of aryl methyl sites for hydroxylation is 1. The van der Waals surface area contributed by atoms with Crippen molar-refractivity contribution in [3.8, 4) is 0 Å². The van der Waals surface area contributed by atoms with Gasteiger partial charge in [0.25, 0.3) is 0 Å². The minimum absolute atomic E-state index is 0.113. The number of hydrogen-bond donors (Lipinski definition) is 0. The lowest BCUT2D eigenvalue weighted by Crippen LogP contribution is -2.23. The molecule has 1 aliphatic heterocycles. The number of nitrogens with zero attached hydrogens (tertiary/aromatic N) is 1. The van der Waals surface area contributed by atoms with E-state index >= 15 is 0 Å². The van der Waals surface area contributed by atoms with Gasteiger partial charge in [0.05, 0.1) is 0 Å². The molecule has 0 radical (unpaired) electrons. The summed E-state index contributed by atoms with van der Waals surface area (Å²) >= 11 is 0. The van der Waals surface area contributed by atoms with Gasteiger partial charge in [-0.2, -0.15) is 0 Å². The average Bonchev–Trinajstić information content (AvgIpc) is 2.53. The van der Waals surface area contributed by atoms with Crippen molar-refractivity contribution in [1.29, 1.82) is 0 Å². The van der Waals surface area contributed by atoms with Gasteiger partial charge in [-0.05, 0) is 48.7 Å². The summed E-state index contributed by atoms with van der Waals surface area (Å²) in [6.45, 7) is 0.907. The van der Waals surface area contributed by atoms with E-state index in [1.807, 2.05) is 18.3 Å². The molecule has 0 aromatic heterocycles. The summed E-state index contributed by atoms with van der Waals surface area (Å²) in [6, 6.07) is 13.9. The molecular formula is C18H16FNO. The number of ketones is 1. The Kier molecular flexibility index (Phi) is 3.82. The maximum Gasteiger partial charge on any atom is 0.187 e. The van der Waals surface area contributed by atoms with E-state index in [2.05, 4.69) is 17.0 Å². The molecule has 0 atom stereocenters. The average molecular weight is 281 g/mol. The molecule has 0 saturated carbocycles. The Morgan fingerprint density at radius 2 is 1.86 bits per heavy atom. The summed E-state index contributed by atoms with van der Waals surface area (Å²) in [7, 11) is 0. The normalized spacial score (nSPS) is 14.2. The van der Waals surface area contributed by atoms with Gasteiger partial charge >= 0.3 is 0 Å². The van der Waals surface area contributed by atoms with Gasteiger partial charge in [0.2, 0.25) is 0 Å². The van der Waals surface area contributed by atoms with Crippen LogP contribution in [-0.4, -0.2) is 12.3 Å². The molecule has 2 aromatic carbocycles. The highest BCUT2D eigenvalue weighted by atomic mass is 19.1. The zero-order valence-corrected chi connectivity index (χ0v) is 11.6. The van der Waals surface area contributed by atoms with Crippen molar-refractivity contribution >= 4 is 11.5 Å². The monoisotopic (exact) mass is 281 g/mol. The largest absolute Gasteiger partial charge is 0.348 e. The Labute approximate surface area is 123 Å². The maximum absolute atomic E-state index is 12.9. The molecule has 3 rings (SSSR count). The number of carbonyl (C=O) groups excluding carboxylic acids is 1. The molecule has 0 unspecified atom stereocenters. The smallest absolute Gasteiger partial charge is 0.187 e. The van der Waals surface area contributed by atoms with Crippen molar-refractivity contribution in [3.05, 3.63) is 77.8 Å². The molecule has 21 heavy (non-hydrogen) atoms. The Morgan fingerprint density at radius 1 is 1.10 bits per heavy atom. The van der Waals surface area contributed by atoms with E-state index in [1.165, 1.54) is 29.8 Å². The number of anilines is 1. The third kappa shape index (κ3) is 3.02. The standard InChI is InChI=1S/C18H16FNO/c19-16-9-7-15(8-10-16)18(21)11-13-20-12-3-5-14-4-1-2-6-17(14)20/h1-2,4,6-11,13H,3,5,12H2. The van der Waals surface area contributed by atoms with E-state index < -0.39 is 0 Å². The molecule has 0 aliphatic carbocycles. The maximum atomic E-state index is 12.9. The van der Waals surface area contributed by atoms with Crippen molar-refractivity contribution in [3.63, 3.8) is 0 Å². The number of carbonyl (C=O) groups is 1. The molecule has 0 saturated heterocycles. The Balaban J connectivity index is 1.78. The fraction of sp³-hybridized carbons (Fsp3) is 0.167. The number of para-hydroxylation sites is 1. The van der Waals surface area contributed by atoms with Crippen molar-refractivity contribution in [2.75, 3.05) is 11.4 Å². The summed E-state index contributed by atoms with van der Waals surface area (Å²) in [4.78, 5) is 14.2. The fourth-order valence-electron chi connectivity index (χ4n) is 2.59. The SMILES string of the molecule is O=C(C=CN1CCCc2ccccc21)c1ccc(F)cc1. The Morgan fingerprint density at radius 3 is 2.67 bits per heavy atom. The van der Waals surface area contributed by atoms with Crippen LogP contribution in [0, 0.1) is 5.82 Å². The van der Waals surface area contributed by atoms with Crippen LogP contribution >= 0.6 is 0 Å². The van der Waals surface area contributed by atoms with Gasteiger partial charge in [0, 0.05) is 30.1 Å². The number of benzene rings is 2. The minimum Gasteiger partial charge on any atom is -0.348 e. The first-order valence-corrected chi connectivity index (χ1v) is 7.07. The quantitative estimate of drug-likeness (QED) is 0.626. The van der Waals surface area contributed by atoms with Crippen molar-refractivity contribution in [2.45, 2.75) is 12.8 Å². The summed E-state index contributed by atoms with van der Waals surface area (Å²) in [5, 5.41) is 0. The lowest BCUT2D eigenvalue weighted by molar-refractivity contribution is 0.104. The van der Waals surface area contributed by atoms with E-state index in [0.29, 0.717) is 5.56 Å². The van der Waals surface area contributed by atoms with Gasteiger partial charge in [-0.25, -0.2) is 4.39 Å². The van der Waals surface area contributed by atoms with E-state index in [9.17, 15) is 9.18 Å². The van der Waals surface area contributed by atoms with Gasteiger partial charge in [-0.3, -0.25) is 4.79 Å². The highest BCUT2D eigenvalue weighted by Gasteiger charge is 2.14. The van der Waals surface area contributed by atoms with Crippen LogP contribution < -0.4 is 4.90 Å². The lowest BCUT2D eigenvalue weighted by atomic mass is 10.0. The lowest BCUT2D eigenvalue weighted by Gasteiger charge is -2.28. The van der Waals surface area contributed by atoms with Gasteiger partial charge in [0.15, 0.2) is 5.78 Å². The molecule has 2 aromatic rings. The fourth-order valence-corrected chi connectivity index (χ4v) is 2.59. The molecule has 0 spiro atoms. The van der Waals surface area contributed by atoms with Crippen molar-refractivity contribution in [1.82, 2.24) is 0 Å². The van der Waals surface area contributed by atoms with E-state index in [0.717, 1.165) is 25.1 Å². The first-order chi connectivity index (χ1) is 10.2. The highest BCUT2D eigenvalue weighted by molar-refractivity contribution is 6.04. The number of allylic oxidation sites excluding steroid dienone is 1. The van der Waals surface area contributed by atoms with E-state index in [4.69, 9.17) is 0 Å². The van der Waals surface area contributed by atoms with Gasteiger partial charge in [0.1, 0.15) is 5.82 Å². The highest BCUT2D eigenvalue weighted by Crippen LogP contribution is 2.26. The third-order valence-corrected chi connectivity index (χ3v) is 3.68. The second-order valence-corrected chi connectivity index (χ2v) is 5.11. The number of rotatable bonds is 3. The van der Waals surface area contributed by atoms with Crippen LogP contribution in [0.2, 0.25) is 0 Å². The van der Waals surface area contributed by atoms with Crippen LogP contribution in [0.25, 0.3) is 0 Å². The number of halogens is 1. The molecule has 0 N–H and O–H groups in total. The molecule has 2 nitrogen and oxygen atoms in total. The zero-order chi connectivity index (χ0) is 14.7. The van der Waals surface area contributed by atoms with E-state index in [1.54, 1.807) is 6.08 Å². The predicted octanol–water partition coefficient (Wildman–Crippen LogP) is 3.97. The van der Waals surface area contributed by atoms with Crippen LogP contribution in [-0.2, 0) is 6.42 Å². The third-order valence-electron chi connectivity index (χ3n) is 3.68. The summed E-state index contributed by atoms with van der Waals surface area (Å²) in [5.41, 5.74) is 2.97. The molecule has 1 aliphatic rings. The van der Waals surface area contributed by atoms with Crippen molar-refractivity contribution in [2.24, 2.45) is 0 Å². The first-order valence-electron chi connectivity index (χ1n) is 7.07. The second-order valence-electron chi connectivity index (χ2n) is 5.11. The van der Waals surface area contributed by atoms with Crippen LogP contribution in [0.15, 0.2) is 60.8 Å². The molecule has 0 bridgehead atoms. The summed E-state index contributed by atoms with van der Waals surface area (Å²) < 4.78 is 12.9. The van der Waals surface area contributed by atoms with Crippen LogP contribution in [0.1, 0.15) is 22.3 Å². The Hall–Kier alpha value is -2.42. The first kappa shape index (κ1) is 13.6. The topological polar surface area (TPSA) is 20.3 Å². The number of hydrogen-bond acceptors (Lipinski definition) is 2. The van der Waals surface area contributed by atoms with Gasteiger partial charge in [-0.1, -0.05) is 18.2 Å². The Bertz CT molecular complexity index is 676. The molecule has 0 fully saturated rings. The summed E-state index contributed by atoms with van der Waals surface area (Å²) in [5.74, 6) is -0.446. The van der Waals surface area contributed by atoms with Gasteiger partial charge < -0.3 is 4.90 Å². The van der Waals surface area contributed by atoms with Crippen LogP contribution in [0.5, 0.6) is 0 Å². The minimum atomic E-state index is -0.333. The molecule has 106 valence electrons. The predicted molar refractivity (Wildman–Crippen MR) is 82.0 cm³/mol. The second kappa shape index (κ2) is 5.92. The van der Waals surface area contributed by atoms with Crippen LogP contribution in [0.3, 0.4) is 0 Å².